The highest BCUT2D eigenvalue weighted by molar-refractivity contribution is 7.00. The molecule has 354 valence electrons. The van der Waals surface area contributed by atoms with Crippen molar-refractivity contribution in [1.29, 1.82) is 21.0 Å². The van der Waals surface area contributed by atoms with Gasteiger partial charge in [-0.3, -0.25) is 0 Å². The summed E-state index contributed by atoms with van der Waals surface area (Å²) in [6, 6.07) is 94.5. The number of hydrogen-bond donors (Lipinski definition) is 0. The van der Waals surface area contributed by atoms with Gasteiger partial charge >= 0.3 is 0 Å². The largest absolute Gasteiger partial charge is 0.243 e. The van der Waals surface area contributed by atoms with E-state index < -0.39 is 0 Å². The number of fused-ring (bicyclic) bond motifs is 4. The van der Waals surface area contributed by atoms with Crippen molar-refractivity contribution in [3.05, 3.63) is 265 Å². The van der Waals surface area contributed by atoms with Gasteiger partial charge in [0.1, 0.15) is 0 Å². The van der Waals surface area contributed by atoms with Crippen LogP contribution in [0.5, 0.6) is 0 Å². The first-order chi connectivity index (χ1) is 38.6. The summed E-state index contributed by atoms with van der Waals surface area (Å²) in [7, 11) is 0. The molecule has 14 rings (SSSR count). The van der Waals surface area contributed by atoms with Crippen LogP contribution in [0.15, 0.2) is 243 Å². The fourth-order valence-corrected chi connectivity index (χ4v) is 13.0. The van der Waals surface area contributed by atoms with E-state index in [9.17, 15) is 21.0 Å². The van der Waals surface area contributed by atoms with Crippen LogP contribution in [-0.4, -0.2) is 13.4 Å². The van der Waals surface area contributed by atoms with Gasteiger partial charge in [-0.15, -0.1) is 0 Å². The highest BCUT2D eigenvalue weighted by Crippen LogP contribution is 2.44. The lowest BCUT2D eigenvalue weighted by atomic mass is 9.34. The van der Waals surface area contributed by atoms with E-state index >= 15 is 0 Å². The van der Waals surface area contributed by atoms with Crippen LogP contribution in [0.4, 0.5) is 0 Å². The number of nitrogens with zero attached hydrogens (tertiary/aromatic N) is 4. The van der Waals surface area contributed by atoms with Crippen LogP contribution in [-0.2, 0) is 0 Å². The van der Waals surface area contributed by atoms with Crippen molar-refractivity contribution < 1.29 is 0 Å². The highest BCUT2D eigenvalue weighted by Gasteiger charge is 2.34. The Bertz CT molecular complexity index is 4450. The molecule has 0 N–H and O–H groups in total. The molecule has 0 saturated carbocycles. The molecule has 0 radical (unpaired) electrons. The second-order valence-corrected chi connectivity index (χ2v) is 20.1. The lowest BCUT2D eigenvalue weighted by Gasteiger charge is -2.27. The highest BCUT2D eigenvalue weighted by atomic mass is 14.3. The average molecular weight is 983 g/mol. The van der Waals surface area contributed by atoms with Gasteiger partial charge in [0.2, 0.25) is 13.4 Å². The normalized spacial score (nSPS) is 11.3. The standard InChI is InChI=1S/C72H40B2N4/c75-41-49-23-9-24-50(42-76)69(49)61-39-67(73(63-31-11-19-45-15-1-5-27-53(45)63)64-32-12-20-46-16-2-6-28-54(46)64)59-37-35-58-62(70-51(43-77)25-10-26-52(70)44-78)40-68(60-38-36-57(61)71(59)72(58)60)74(65-33-13-21-47-17-3-7-29-55(47)65)66-34-14-22-48-18-4-8-30-56(48)66/h1-40H. The van der Waals surface area contributed by atoms with E-state index in [1.54, 1.807) is 36.4 Å². The minimum Gasteiger partial charge on any atom is -0.192 e. The van der Waals surface area contributed by atoms with E-state index in [0.29, 0.717) is 33.4 Å². The van der Waals surface area contributed by atoms with Crippen molar-refractivity contribution >= 4 is 122 Å². The summed E-state index contributed by atoms with van der Waals surface area (Å²) in [6.07, 6.45) is 0. The molecule has 0 heterocycles. The first-order valence-corrected chi connectivity index (χ1v) is 26.1. The van der Waals surface area contributed by atoms with Gasteiger partial charge in [-0.25, -0.2) is 0 Å². The monoisotopic (exact) mass is 982 g/mol. The molecule has 0 saturated heterocycles. The Balaban J connectivity index is 1.23. The van der Waals surface area contributed by atoms with Gasteiger partial charge in [-0.2, -0.15) is 21.0 Å². The van der Waals surface area contributed by atoms with Gasteiger partial charge in [0.25, 0.3) is 0 Å². The number of hydrogen-bond acceptors (Lipinski definition) is 4. The second kappa shape index (κ2) is 18.6. The van der Waals surface area contributed by atoms with E-state index in [1.807, 2.05) is 0 Å². The molecule has 14 aromatic carbocycles. The van der Waals surface area contributed by atoms with E-state index in [-0.39, 0.29) is 13.4 Å². The second-order valence-electron chi connectivity index (χ2n) is 20.1. The third-order valence-electron chi connectivity index (χ3n) is 16.3. The van der Waals surface area contributed by atoms with Gasteiger partial charge in [0, 0.05) is 11.1 Å². The fourth-order valence-electron chi connectivity index (χ4n) is 13.0. The minimum atomic E-state index is -0.354. The van der Waals surface area contributed by atoms with Gasteiger partial charge in [-0.05, 0) is 111 Å². The van der Waals surface area contributed by atoms with E-state index in [0.717, 1.165) is 119 Å². The summed E-state index contributed by atoms with van der Waals surface area (Å²) in [4.78, 5) is 0. The topological polar surface area (TPSA) is 95.2 Å². The summed E-state index contributed by atoms with van der Waals surface area (Å²) in [6.45, 7) is -0.708. The Morgan fingerprint density at radius 3 is 0.782 bits per heavy atom. The Morgan fingerprint density at radius 2 is 0.487 bits per heavy atom. The molecule has 0 fully saturated rings. The SMILES string of the molecule is N#Cc1cccc(C#N)c1-c1cc(B(c2cccc3ccccc23)c2cccc3ccccc23)c2ccc3c(-c4c(C#N)cccc4C#N)cc(B(c4cccc5ccccc45)c4cccc5ccccc45)c4ccc1c2c43. The maximum Gasteiger partial charge on any atom is 0.243 e. The Kier molecular flexibility index (Phi) is 10.9. The van der Waals surface area contributed by atoms with Gasteiger partial charge in [-0.1, -0.05) is 251 Å². The van der Waals surface area contributed by atoms with Crippen molar-refractivity contribution in [2.75, 3.05) is 0 Å². The molecule has 0 amide bonds. The summed E-state index contributed by atoms with van der Waals surface area (Å²) in [5, 5.41) is 58.8. The summed E-state index contributed by atoms with van der Waals surface area (Å²) in [5.41, 5.74) is 10.8. The molecular formula is C72H40B2N4. The maximum absolute atomic E-state index is 11.0. The van der Waals surface area contributed by atoms with Gasteiger partial charge in [0.15, 0.2) is 0 Å². The van der Waals surface area contributed by atoms with Crippen LogP contribution in [0.2, 0.25) is 0 Å². The third kappa shape index (κ3) is 7.07. The zero-order valence-electron chi connectivity index (χ0n) is 42.0. The molecular weight excluding hydrogens is 942 g/mol. The molecule has 14 aromatic rings. The first kappa shape index (κ1) is 45.8. The molecule has 0 aromatic heterocycles. The van der Waals surface area contributed by atoms with Crippen molar-refractivity contribution in [2.45, 2.75) is 0 Å². The molecule has 78 heavy (non-hydrogen) atoms. The maximum atomic E-state index is 11.0. The Hall–Kier alpha value is -10.8. The predicted octanol–water partition coefficient (Wildman–Crippen LogP) is 13.0. The van der Waals surface area contributed by atoms with Crippen LogP contribution in [0.3, 0.4) is 0 Å². The molecule has 0 atom stereocenters. The molecule has 0 aliphatic rings. The van der Waals surface area contributed by atoms with E-state index in [1.165, 1.54) is 0 Å². The summed E-state index contributed by atoms with van der Waals surface area (Å²) in [5.74, 6) is 0. The van der Waals surface area contributed by atoms with Crippen molar-refractivity contribution in [3.8, 4) is 46.5 Å². The molecule has 0 unspecified atom stereocenters. The van der Waals surface area contributed by atoms with Gasteiger partial charge in [0.05, 0.1) is 46.5 Å². The molecule has 0 bridgehead atoms. The van der Waals surface area contributed by atoms with E-state index in [4.69, 9.17) is 0 Å². The number of nitriles is 4. The van der Waals surface area contributed by atoms with Crippen molar-refractivity contribution in [1.82, 2.24) is 0 Å². The molecule has 0 spiro atoms. The quantitative estimate of drug-likeness (QED) is 0.112. The van der Waals surface area contributed by atoms with Crippen molar-refractivity contribution in [3.63, 3.8) is 0 Å². The van der Waals surface area contributed by atoms with Crippen LogP contribution < -0.4 is 32.8 Å². The van der Waals surface area contributed by atoms with Crippen LogP contribution in [0, 0.1) is 45.3 Å². The third-order valence-corrected chi connectivity index (χ3v) is 16.3. The van der Waals surface area contributed by atoms with Crippen LogP contribution >= 0.6 is 0 Å². The zero-order chi connectivity index (χ0) is 52.4. The Morgan fingerprint density at radius 1 is 0.231 bits per heavy atom. The summed E-state index contributed by atoms with van der Waals surface area (Å²) >= 11 is 0. The lowest BCUT2D eigenvalue weighted by Crippen LogP contribution is -2.53. The summed E-state index contributed by atoms with van der Waals surface area (Å²) < 4.78 is 0. The lowest BCUT2D eigenvalue weighted by molar-refractivity contribution is 1.44. The fraction of sp³-hybridized carbons (Fsp3) is 0. The zero-order valence-corrected chi connectivity index (χ0v) is 42.0. The van der Waals surface area contributed by atoms with Crippen molar-refractivity contribution in [2.24, 2.45) is 0 Å². The first-order valence-electron chi connectivity index (χ1n) is 26.1. The number of benzene rings is 14. The van der Waals surface area contributed by atoms with Gasteiger partial charge < -0.3 is 0 Å². The minimum absolute atomic E-state index is 0.354. The van der Waals surface area contributed by atoms with Crippen LogP contribution in [0.25, 0.3) is 97.7 Å². The number of rotatable bonds is 8. The molecule has 6 heteroatoms. The smallest absolute Gasteiger partial charge is 0.192 e. The average Bonchev–Trinajstić information content (AvgIpc) is 3.63. The molecule has 0 aliphatic heterocycles. The Labute approximate surface area is 451 Å². The molecule has 0 aliphatic carbocycles. The molecule has 4 nitrogen and oxygen atoms in total. The van der Waals surface area contributed by atoms with Crippen LogP contribution in [0.1, 0.15) is 22.3 Å². The van der Waals surface area contributed by atoms with E-state index in [2.05, 4.69) is 231 Å². The predicted molar refractivity (Wildman–Crippen MR) is 325 cm³/mol.